The normalized spacial score (nSPS) is 17.3. The summed E-state index contributed by atoms with van der Waals surface area (Å²) in [5.74, 6) is -0.523. The highest BCUT2D eigenvalue weighted by molar-refractivity contribution is 6.10. The average Bonchev–Trinajstić information content (AvgIpc) is 2.68. The van der Waals surface area contributed by atoms with E-state index in [1.165, 1.54) is 29.2 Å². The third kappa shape index (κ3) is 4.31. The van der Waals surface area contributed by atoms with Crippen LogP contribution in [-0.4, -0.2) is 29.3 Å². The maximum absolute atomic E-state index is 13.2. The molecule has 1 atom stereocenters. The Kier molecular flexibility index (Phi) is 5.80. The van der Waals surface area contributed by atoms with Crippen LogP contribution in [0.15, 0.2) is 54.6 Å². The molecule has 0 aromatic heterocycles. The van der Waals surface area contributed by atoms with Gasteiger partial charge in [-0.15, -0.1) is 0 Å². The quantitative estimate of drug-likeness (QED) is 0.663. The van der Waals surface area contributed by atoms with Crippen LogP contribution >= 0.6 is 0 Å². The number of rotatable bonds is 4. The van der Waals surface area contributed by atoms with E-state index in [0.29, 0.717) is 24.2 Å². The summed E-state index contributed by atoms with van der Waals surface area (Å²) in [7, 11) is 0. The summed E-state index contributed by atoms with van der Waals surface area (Å²) in [5, 5.41) is 13.7. The van der Waals surface area contributed by atoms with Crippen LogP contribution in [0.1, 0.15) is 36.0 Å². The lowest BCUT2D eigenvalue weighted by atomic mass is 10.0. The first-order chi connectivity index (χ1) is 13.1. The lowest BCUT2D eigenvalue weighted by Crippen LogP contribution is -2.50. The summed E-state index contributed by atoms with van der Waals surface area (Å²) < 4.78 is 0. The Morgan fingerprint density at radius 2 is 1.74 bits per heavy atom. The second kappa shape index (κ2) is 8.44. The van der Waals surface area contributed by atoms with Crippen LogP contribution in [0, 0.1) is 10.1 Å². The highest BCUT2D eigenvalue weighted by atomic mass is 16.6. The Bertz CT molecular complexity index is 821. The van der Waals surface area contributed by atoms with Gasteiger partial charge in [0.25, 0.3) is 11.6 Å². The fourth-order valence-electron chi connectivity index (χ4n) is 3.24. The third-order valence-electron chi connectivity index (χ3n) is 4.65. The van der Waals surface area contributed by atoms with Gasteiger partial charge >= 0.3 is 0 Å². The van der Waals surface area contributed by atoms with Gasteiger partial charge < -0.3 is 5.32 Å². The monoisotopic (exact) mass is 367 g/mol. The number of nitro benzene ring substituents is 1. The molecule has 0 radical (unpaired) electrons. The molecule has 1 fully saturated rings. The highest BCUT2D eigenvalue weighted by Crippen LogP contribution is 2.25. The molecule has 1 aliphatic heterocycles. The molecule has 27 heavy (non-hydrogen) atoms. The van der Waals surface area contributed by atoms with Crippen molar-refractivity contribution in [3.63, 3.8) is 0 Å². The van der Waals surface area contributed by atoms with Gasteiger partial charge in [-0.25, -0.2) is 0 Å². The van der Waals surface area contributed by atoms with Crippen molar-refractivity contribution in [2.75, 3.05) is 11.4 Å². The SMILES string of the molecule is O=C1NCCCCCC1N(C(=O)c1ccc([N+](=O)[O-])cc1)c1ccccc1. The lowest BCUT2D eigenvalue weighted by molar-refractivity contribution is -0.384. The Morgan fingerprint density at radius 3 is 2.41 bits per heavy atom. The fraction of sp³-hybridized carbons (Fsp3) is 0.300. The molecule has 7 heteroatoms. The molecule has 3 rings (SSSR count). The predicted molar refractivity (Wildman–Crippen MR) is 102 cm³/mol. The van der Waals surface area contributed by atoms with E-state index in [2.05, 4.69) is 5.32 Å². The van der Waals surface area contributed by atoms with Gasteiger partial charge in [0.1, 0.15) is 6.04 Å². The van der Waals surface area contributed by atoms with Crippen molar-refractivity contribution < 1.29 is 14.5 Å². The second-order valence-electron chi connectivity index (χ2n) is 6.47. The number of hydrogen-bond acceptors (Lipinski definition) is 4. The molecule has 2 aromatic carbocycles. The van der Waals surface area contributed by atoms with Crippen molar-refractivity contribution in [3.05, 3.63) is 70.3 Å². The van der Waals surface area contributed by atoms with Crippen molar-refractivity contribution in [1.82, 2.24) is 5.32 Å². The number of amides is 2. The summed E-state index contributed by atoms with van der Waals surface area (Å²) in [6, 6.07) is 13.9. The predicted octanol–water partition coefficient (Wildman–Crippen LogP) is 3.30. The molecule has 0 aliphatic carbocycles. The topological polar surface area (TPSA) is 92.6 Å². The Balaban J connectivity index is 1.97. The van der Waals surface area contributed by atoms with E-state index in [-0.39, 0.29) is 17.5 Å². The molecular weight excluding hydrogens is 346 g/mol. The molecule has 1 aliphatic rings. The van der Waals surface area contributed by atoms with Crippen LogP contribution in [0.4, 0.5) is 11.4 Å². The number of anilines is 1. The average molecular weight is 367 g/mol. The van der Waals surface area contributed by atoms with Gasteiger partial charge in [-0.1, -0.05) is 31.0 Å². The number of carbonyl (C=O) groups is 2. The minimum absolute atomic E-state index is 0.0819. The first kappa shape index (κ1) is 18.6. The van der Waals surface area contributed by atoms with Gasteiger partial charge in [0.15, 0.2) is 0 Å². The zero-order valence-electron chi connectivity index (χ0n) is 14.8. The van der Waals surface area contributed by atoms with E-state index in [0.717, 1.165) is 19.3 Å². The maximum atomic E-state index is 13.2. The Hall–Kier alpha value is -3.22. The summed E-state index contributed by atoms with van der Waals surface area (Å²) in [6.45, 7) is 0.601. The number of carbonyl (C=O) groups excluding carboxylic acids is 2. The van der Waals surface area contributed by atoms with E-state index in [1.807, 2.05) is 18.2 Å². The van der Waals surface area contributed by atoms with Crippen LogP contribution in [0.5, 0.6) is 0 Å². The number of non-ortho nitro benzene ring substituents is 1. The molecule has 2 amide bonds. The van der Waals surface area contributed by atoms with Crippen molar-refractivity contribution in [2.24, 2.45) is 0 Å². The van der Waals surface area contributed by atoms with Gasteiger partial charge in [-0.3, -0.25) is 24.6 Å². The highest BCUT2D eigenvalue weighted by Gasteiger charge is 2.32. The molecule has 7 nitrogen and oxygen atoms in total. The van der Waals surface area contributed by atoms with Crippen LogP contribution in [-0.2, 0) is 4.79 Å². The van der Waals surface area contributed by atoms with Crippen LogP contribution < -0.4 is 10.2 Å². The van der Waals surface area contributed by atoms with Gasteiger partial charge in [0.05, 0.1) is 4.92 Å². The van der Waals surface area contributed by atoms with Crippen molar-refractivity contribution >= 4 is 23.2 Å². The molecule has 140 valence electrons. The van der Waals surface area contributed by atoms with Crippen molar-refractivity contribution in [3.8, 4) is 0 Å². The summed E-state index contributed by atoms with van der Waals surface area (Å²) in [6.07, 6.45) is 3.35. The Labute approximate surface area is 157 Å². The third-order valence-corrected chi connectivity index (χ3v) is 4.65. The molecule has 1 unspecified atom stereocenters. The lowest BCUT2D eigenvalue weighted by Gasteiger charge is -2.32. The Morgan fingerprint density at radius 1 is 1.04 bits per heavy atom. The molecule has 0 spiro atoms. The molecule has 1 heterocycles. The zero-order valence-corrected chi connectivity index (χ0v) is 14.8. The number of para-hydroxylation sites is 1. The zero-order chi connectivity index (χ0) is 19.2. The second-order valence-corrected chi connectivity index (χ2v) is 6.47. The molecule has 2 aromatic rings. The van der Waals surface area contributed by atoms with E-state index in [9.17, 15) is 19.7 Å². The van der Waals surface area contributed by atoms with Gasteiger partial charge in [0.2, 0.25) is 5.91 Å². The van der Waals surface area contributed by atoms with Crippen LogP contribution in [0.25, 0.3) is 0 Å². The summed E-state index contributed by atoms with van der Waals surface area (Å²) >= 11 is 0. The summed E-state index contributed by atoms with van der Waals surface area (Å²) in [5.41, 5.74) is 0.849. The van der Waals surface area contributed by atoms with Crippen molar-refractivity contribution in [2.45, 2.75) is 31.7 Å². The first-order valence-electron chi connectivity index (χ1n) is 8.98. The maximum Gasteiger partial charge on any atom is 0.269 e. The number of nitrogens with one attached hydrogen (secondary N) is 1. The van der Waals surface area contributed by atoms with E-state index in [1.54, 1.807) is 12.1 Å². The van der Waals surface area contributed by atoms with E-state index >= 15 is 0 Å². The van der Waals surface area contributed by atoms with Gasteiger partial charge in [-0.05, 0) is 37.1 Å². The number of benzene rings is 2. The first-order valence-corrected chi connectivity index (χ1v) is 8.98. The molecule has 0 bridgehead atoms. The van der Waals surface area contributed by atoms with Crippen molar-refractivity contribution in [1.29, 1.82) is 0 Å². The number of nitrogens with zero attached hydrogens (tertiary/aromatic N) is 2. The minimum atomic E-state index is -0.615. The van der Waals surface area contributed by atoms with Crippen LogP contribution in [0.2, 0.25) is 0 Å². The molecule has 0 saturated carbocycles. The van der Waals surface area contributed by atoms with E-state index in [4.69, 9.17) is 0 Å². The fourth-order valence-corrected chi connectivity index (χ4v) is 3.24. The van der Waals surface area contributed by atoms with Crippen LogP contribution in [0.3, 0.4) is 0 Å². The standard InChI is InChI=1S/C20H21N3O4/c24-19-18(9-5-2-6-14-21-19)22(16-7-3-1-4-8-16)20(25)15-10-12-17(13-11-15)23(26)27/h1,3-4,7-8,10-13,18H,2,5-6,9,14H2,(H,21,24). The number of nitro groups is 1. The molecule has 1 saturated heterocycles. The minimum Gasteiger partial charge on any atom is -0.354 e. The van der Waals surface area contributed by atoms with Gasteiger partial charge in [0, 0.05) is 29.9 Å². The molecule has 1 N–H and O–H groups in total. The smallest absolute Gasteiger partial charge is 0.269 e. The van der Waals surface area contributed by atoms with E-state index < -0.39 is 11.0 Å². The molecular formula is C20H21N3O4. The van der Waals surface area contributed by atoms with Gasteiger partial charge in [-0.2, -0.15) is 0 Å². The number of hydrogen-bond donors (Lipinski definition) is 1. The summed E-state index contributed by atoms with van der Waals surface area (Å²) in [4.78, 5) is 37.8. The largest absolute Gasteiger partial charge is 0.354 e.